The third-order valence-corrected chi connectivity index (χ3v) is 5.09. The van der Waals surface area contributed by atoms with E-state index >= 15 is 0 Å². The fourth-order valence-corrected chi connectivity index (χ4v) is 3.54. The van der Waals surface area contributed by atoms with Crippen LogP contribution >= 0.6 is 0 Å². The summed E-state index contributed by atoms with van der Waals surface area (Å²) in [6.45, 7) is 4.59. The van der Waals surface area contributed by atoms with Crippen LogP contribution in [-0.2, 0) is 21.3 Å². The second kappa shape index (κ2) is 4.65. The van der Waals surface area contributed by atoms with Crippen LogP contribution in [0.1, 0.15) is 26.0 Å². The molecule has 1 aliphatic heterocycles. The van der Waals surface area contributed by atoms with Gasteiger partial charge in [-0.2, -0.15) is 0 Å². The Hall–Kier alpha value is -0.890. The first kappa shape index (κ1) is 13.5. The molecule has 1 aromatic rings. The zero-order valence-corrected chi connectivity index (χ0v) is 11.4. The molecule has 2 atom stereocenters. The lowest BCUT2D eigenvalue weighted by molar-refractivity contribution is 0.0957. The summed E-state index contributed by atoms with van der Waals surface area (Å²) in [5.74, 6) is 0. The lowest BCUT2D eigenvalue weighted by Crippen LogP contribution is -2.50. The Morgan fingerprint density at radius 1 is 1.67 bits per heavy atom. The molecule has 1 saturated heterocycles. The van der Waals surface area contributed by atoms with Gasteiger partial charge in [-0.05, 0) is 26.3 Å². The van der Waals surface area contributed by atoms with E-state index in [0.29, 0.717) is 18.7 Å². The largest absolute Gasteiger partial charge is 0.376 e. The summed E-state index contributed by atoms with van der Waals surface area (Å²) in [6.07, 6.45) is 1.98. The fraction of sp³-hybridized carbons (Fsp3) is 0.636. The number of sulfonamides is 1. The smallest absolute Gasteiger partial charge is 0.242 e. The van der Waals surface area contributed by atoms with E-state index in [1.807, 2.05) is 13.8 Å². The highest BCUT2D eigenvalue weighted by molar-refractivity contribution is 7.89. The van der Waals surface area contributed by atoms with E-state index in [1.54, 1.807) is 6.07 Å². The Morgan fingerprint density at radius 2 is 2.39 bits per heavy atom. The van der Waals surface area contributed by atoms with E-state index in [0.717, 1.165) is 0 Å². The summed E-state index contributed by atoms with van der Waals surface area (Å²) in [4.78, 5) is 3.05. The van der Waals surface area contributed by atoms with Gasteiger partial charge in [-0.3, -0.25) is 0 Å². The molecule has 4 N–H and O–H groups in total. The number of H-pyrrole nitrogens is 1. The zero-order valence-electron chi connectivity index (χ0n) is 10.6. The molecule has 0 radical (unpaired) electrons. The Morgan fingerprint density at radius 3 is 2.89 bits per heavy atom. The van der Waals surface area contributed by atoms with Gasteiger partial charge in [-0.1, -0.05) is 0 Å². The number of hydrogen-bond acceptors (Lipinski definition) is 4. The first-order valence-electron chi connectivity index (χ1n) is 5.90. The molecule has 2 heterocycles. The van der Waals surface area contributed by atoms with Gasteiger partial charge < -0.3 is 15.5 Å². The van der Waals surface area contributed by atoms with Crippen LogP contribution in [0.5, 0.6) is 0 Å². The van der Waals surface area contributed by atoms with Crippen molar-refractivity contribution in [1.29, 1.82) is 0 Å². The summed E-state index contributed by atoms with van der Waals surface area (Å²) in [6, 6.07) is 1.55. The number of rotatable bonds is 4. The lowest BCUT2D eigenvalue weighted by Gasteiger charge is -2.28. The number of ether oxygens (including phenoxy) is 1. The molecule has 0 amide bonds. The maximum atomic E-state index is 12.2. The second-order valence-electron chi connectivity index (χ2n) is 4.85. The van der Waals surface area contributed by atoms with Gasteiger partial charge >= 0.3 is 0 Å². The van der Waals surface area contributed by atoms with Crippen LogP contribution in [0.15, 0.2) is 17.2 Å². The highest BCUT2D eigenvalue weighted by Gasteiger charge is 2.40. The van der Waals surface area contributed by atoms with Gasteiger partial charge in [0.25, 0.3) is 0 Å². The Labute approximate surface area is 107 Å². The maximum absolute atomic E-state index is 12.2. The van der Waals surface area contributed by atoms with Crippen molar-refractivity contribution >= 4 is 10.0 Å². The van der Waals surface area contributed by atoms with E-state index in [9.17, 15) is 8.42 Å². The van der Waals surface area contributed by atoms with Crippen molar-refractivity contribution in [3.05, 3.63) is 18.0 Å². The Bertz CT molecular complexity index is 525. The molecule has 0 spiro atoms. The van der Waals surface area contributed by atoms with Crippen molar-refractivity contribution in [1.82, 2.24) is 9.71 Å². The average molecular weight is 273 g/mol. The number of hydrogen-bond donors (Lipinski definition) is 3. The molecule has 6 nitrogen and oxygen atoms in total. The van der Waals surface area contributed by atoms with Crippen LogP contribution in [0.2, 0.25) is 0 Å². The van der Waals surface area contributed by atoms with Gasteiger partial charge in [0.15, 0.2) is 0 Å². The van der Waals surface area contributed by atoms with Crippen molar-refractivity contribution in [2.24, 2.45) is 5.73 Å². The highest BCUT2D eigenvalue weighted by atomic mass is 32.2. The molecule has 7 heteroatoms. The second-order valence-corrected chi connectivity index (χ2v) is 6.53. The molecule has 0 saturated carbocycles. The Balaban J connectivity index is 2.22. The first-order chi connectivity index (χ1) is 8.37. The summed E-state index contributed by atoms with van der Waals surface area (Å²) in [5.41, 5.74) is 5.59. The van der Waals surface area contributed by atoms with Crippen LogP contribution < -0.4 is 10.5 Å². The van der Waals surface area contributed by atoms with Crippen LogP contribution in [0.3, 0.4) is 0 Å². The van der Waals surface area contributed by atoms with Crippen LogP contribution in [0, 0.1) is 0 Å². The first-order valence-corrected chi connectivity index (χ1v) is 7.39. The van der Waals surface area contributed by atoms with E-state index in [4.69, 9.17) is 10.5 Å². The van der Waals surface area contributed by atoms with Crippen molar-refractivity contribution in [2.75, 3.05) is 6.61 Å². The third-order valence-electron chi connectivity index (χ3n) is 3.50. The van der Waals surface area contributed by atoms with Gasteiger partial charge in [-0.25, -0.2) is 13.1 Å². The van der Waals surface area contributed by atoms with Crippen LogP contribution in [0.4, 0.5) is 0 Å². The fourth-order valence-electron chi connectivity index (χ4n) is 2.03. The summed E-state index contributed by atoms with van der Waals surface area (Å²) >= 11 is 0. The molecule has 0 aromatic carbocycles. The zero-order chi connectivity index (χ0) is 13.4. The molecule has 102 valence electrons. The summed E-state index contributed by atoms with van der Waals surface area (Å²) in [5, 5.41) is 0. The van der Waals surface area contributed by atoms with Gasteiger partial charge in [-0.15, -0.1) is 0 Å². The molecule has 1 aromatic heterocycles. The van der Waals surface area contributed by atoms with Crippen LogP contribution in [-0.4, -0.2) is 31.7 Å². The number of nitrogens with two attached hydrogens (primary N) is 1. The monoisotopic (exact) mass is 273 g/mol. The lowest BCUT2D eigenvalue weighted by atomic mass is 9.97. The molecule has 18 heavy (non-hydrogen) atoms. The van der Waals surface area contributed by atoms with E-state index in [2.05, 4.69) is 9.71 Å². The van der Waals surface area contributed by atoms with Crippen molar-refractivity contribution in [3.8, 4) is 0 Å². The highest BCUT2D eigenvalue weighted by Crippen LogP contribution is 2.27. The molecule has 1 fully saturated rings. The predicted molar refractivity (Wildman–Crippen MR) is 67.4 cm³/mol. The van der Waals surface area contributed by atoms with Gasteiger partial charge in [0, 0.05) is 25.0 Å². The van der Waals surface area contributed by atoms with Crippen molar-refractivity contribution in [3.63, 3.8) is 0 Å². The molecule has 2 unspecified atom stereocenters. The SMILES string of the molecule is CC1OCCC1(C)NS(=O)(=O)c1c[nH]c(CN)c1. The predicted octanol–water partition coefficient (Wildman–Crippen LogP) is 0.319. The number of nitrogens with one attached hydrogen (secondary N) is 2. The minimum absolute atomic E-state index is 0.139. The molecule has 2 rings (SSSR count). The van der Waals surface area contributed by atoms with Crippen molar-refractivity contribution < 1.29 is 13.2 Å². The summed E-state index contributed by atoms with van der Waals surface area (Å²) < 4.78 is 32.6. The van der Waals surface area contributed by atoms with Crippen molar-refractivity contribution in [2.45, 2.75) is 43.4 Å². The van der Waals surface area contributed by atoms with E-state index < -0.39 is 15.6 Å². The normalized spacial score (nSPS) is 28.7. The van der Waals surface area contributed by atoms with Gasteiger partial charge in [0.1, 0.15) is 0 Å². The van der Waals surface area contributed by atoms with E-state index in [1.165, 1.54) is 6.20 Å². The van der Waals surface area contributed by atoms with Gasteiger partial charge in [0.2, 0.25) is 10.0 Å². The maximum Gasteiger partial charge on any atom is 0.242 e. The minimum Gasteiger partial charge on any atom is -0.376 e. The average Bonchev–Trinajstić information content (AvgIpc) is 2.87. The quantitative estimate of drug-likeness (QED) is 0.736. The number of aromatic amines is 1. The molecule has 1 aliphatic rings. The van der Waals surface area contributed by atoms with Crippen LogP contribution in [0.25, 0.3) is 0 Å². The Kier molecular flexibility index (Phi) is 3.50. The topological polar surface area (TPSA) is 97.2 Å². The molecular weight excluding hydrogens is 254 g/mol. The standard InChI is InChI=1S/C11H19N3O3S/c1-8-11(2,3-4-17-8)14-18(15,16)10-5-9(6-12)13-7-10/h5,7-8,13-14H,3-4,6,12H2,1-2H3. The summed E-state index contributed by atoms with van der Waals surface area (Å²) in [7, 11) is -3.54. The third kappa shape index (κ3) is 2.44. The number of aromatic nitrogens is 1. The minimum atomic E-state index is -3.54. The molecule has 0 aliphatic carbocycles. The van der Waals surface area contributed by atoms with E-state index in [-0.39, 0.29) is 17.5 Å². The molecule has 0 bridgehead atoms. The van der Waals surface area contributed by atoms with Gasteiger partial charge in [0.05, 0.1) is 16.5 Å². The molecular formula is C11H19N3O3S.